The maximum Gasteiger partial charge on any atom is 0.307 e. The Bertz CT molecular complexity index is 350. The molecule has 0 spiro atoms. The van der Waals surface area contributed by atoms with Crippen molar-refractivity contribution in [3.63, 3.8) is 0 Å². The van der Waals surface area contributed by atoms with Crippen LogP contribution in [-0.2, 0) is 11.2 Å². The molecule has 1 aromatic carbocycles. The molecule has 1 rings (SSSR count). The number of hydrogen-bond acceptors (Lipinski definition) is 1. The van der Waals surface area contributed by atoms with Crippen molar-refractivity contribution in [2.75, 3.05) is 0 Å². The summed E-state index contributed by atoms with van der Waals surface area (Å²) in [7, 11) is 0. The number of carbonyl (C=O) groups is 1. The van der Waals surface area contributed by atoms with E-state index in [1.807, 2.05) is 6.92 Å². The van der Waals surface area contributed by atoms with Gasteiger partial charge in [0.15, 0.2) is 0 Å². The molecular weight excluding hydrogens is 255 g/mol. The summed E-state index contributed by atoms with van der Waals surface area (Å²) < 4.78 is 0.789. The van der Waals surface area contributed by atoms with Gasteiger partial charge in [-0.05, 0) is 30.2 Å². The summed E-state index contributed by atoms with van der Waals surface area (Å²) in [4.78, 5) is 10.5. The molecule has 0 aromatic heterocycles. The SMILES string of the molecule is Cc1c(Cl)ccc(Br)c1CC(=O)O. The second-order valence-corrected chi connectivity index (χ2v) is 3.96. The third kappa shape index (κ3) is 2.45. The fourth-order valence-corrected chi connectivity index (χ4v) is 1.81. The largest absolute Gasteiger partial charge is 0.481 e. The van der Waals surface area contributed by atoms with Crippen LogP contribution in [0.25, 0.3) is 0 Å². The van der Waals surface area contributed by atoms with E-state index in [2.05, 4.69) is 15.9 Å². The zero-order valence-corrected chi connectivity index (χ0v) is 9.32. The van der Waals surface area contributed by atoms with Gasteiger partial charge in [-0.2, -0.15) is 0 Å². The molecule has 0 radical (unpaired) electrons. The molecule has 0 amide bonds. The van der Waals surface area contributed by atoms with Crippen molar-refractivity contribution < 1.29 is 9.90 Å². The van der Waals surface area contributed by atoms with Gasteiger partial charge in [-0.15, -0.1) is 0 Å². The van der Waals surface area contributed by atoms with E-state index in [4.69, 9.17) is 16.7 Å². The molecule has 0 atom stereocenters. The van der Waals surface area contributed by atoms with Crippen LogP contribution in [0.2, 0.25) is 5.02 Å². The third-order valence-electron chi connectivity index (χ3n) is 1.80. The number of halogens is 2. The van der Waals surface area contributed by atoms with Crippen LogP contribution >= 0.6 is 27.5 Å². The second-order valence-electron chi connectivity index (χ2n) is 2.70. The quantitative estimate of drug-likeness (QED) is 0.890. The lowest BCUT2D eigenvalue weighted by Crippen LogP contribution is -2.03. The van der Waals surface area contributed by atoms with Crippen molar-refractivity contribution in [1.29, 1.82) is 0 Å². The Kier molecular flexibility index (Phi) is 3.33. The van der Waals surface area contributed by atoms with E-state index in [-0.39, 0.29) is 6.42 Å². The summed E-state index contributed by atoms with van der Waals surface area (Å²) in [6.45, 7) is 1.81. The highest BCUT2D eigenvalue weighted by molar-refractivity contribution is 9.10. The molecule has 0 aliphatic heterocycles. The van der Waals surface area contributed by atoms with Crippen molar-refractivity contribution >= 4 is 33.5 Å². The number of carboxylic acids is 1. The molecule has 0 aliphatic rings. The summed E-state index contributed by atoms with van der Waals surface area (Å²) >= 11 is 9.14. The molecule has 0 bridgehead atoms. The Morgan fingerprint density at radius 2 is 2.23 bits per heavy atom. The van der Waals surface area contributed by atoms with Crippen molar-refractivity contribution in [2.45, 2.75) is 13.3 Å². The van der Waals surface area contributed by atoms with Gasteiger partial charge >= 0.3 is 5.97 Å². The third-order valence-corrected chi connectivity index (χ3v) is 2.96. The molecule has 4 heteroatoms. The molecule has 0 saturated heterocycles. The monoisotopic (exact) mass is 262 g/mol. The van der Waals surface area contributed by atoms with Crippen molar-refractivity contribution in [3.8, 4) is 0 Å². The van der Waals surface area contributed by atoms with Gasteiger partial charge in [-0.1, -0.05) is 27.5 Å². The molecule has 0 heterocycles. The van der Waals surface area contributed by atoms with Crippen LogP contribution in [0.3, 0.4) is 0 Å². The highest BCUT2D eigenvalue weighted by Gasteiger charge is 2.10. The van der Waals surface area contributed by atoms with Crippen LogP contribution in [0.15, 0.2) is 16.6 Å². The lowest BCUT2D eigenvalue weighted by molar-refractivity contribution is -0.136. The summed E-state index contributed by atoms with van der Waals surface area (Å²) in [5.41, 5.74) is 1.55. The maximum absolute atomic E-state index is 10.5. The summed E-state index contributed by atoms with van der Waals surface area (Å²) in [5, 5.41) is 9.24. The molecule has 70 valence electrons. The van der Waals surface area contributed by atoms with E-state index in [0.29, 0.717) is 5.02 Å². The normalized spacial score (nSPS) is 10.1. The van der Waals surface area contributed by atoms with Crippen molar-refractivity contribution in [3.05, 3.63) is 32.8 Å². The topological polar surface area (TPSA) is 37.3 Å². The van der Waals surface area contributed by atoms with Gasteiger partial charge in [0.25, 0.3) is 0 Å². The lowest BCUT2D eigenvalue weighted by Gasteiger charge is -2.07. The fraction of sp³-hybridized carbons (Fsp3) is 0.222. The molecule has 13 heavy (non-hydrogen) atoms. The molecule has 0 aliphatic carbocycles. The van der Waals surface area contributed by atoms with Crippen LogP contribution in [-0.4, -0.2) is 11.1 Å². The van der Waals surface area contributed by atoms with Gasteiger partial charge in [0.05, 0.1) is 6.42 Å². The number of aliphatic carboxylic acids is 1. The zero-order chi connectivity index (χ0) is 10.0. The van der Waals surface area contributed by atoms with Crippen molar-refractivity contribution in [1.82, 2.24) is 0 Å². The van der Waals surface area contributed by atoms with Crippen LogP contribution in [0.4, 0.5) is 0 Å². The molecular formula is C9H8BrClO2. The highest BCUT2D eigenvalue weighted by atomic mass is 79.9. The Hall–Kier alpha value is -0.540. The highest BCUT2D eigenvalue weighted by Crippen LogP contribution is 2.26. The minimum absolute atomic E-state index is 0.00697. The first-order valence-corrected chi connectivity index (χ1v) is 4.84. The Labute approximate surface area is 89.7 Å². The van der Waals surface area contributed by atoms with E-state index >= 15 is 0 Å². The number of benzene rings is 1. The zero-order valence-electron chi connectivity index (χ0n) is 6.97. The Morgan fingerprint density at radius 3 is 2.77 bits per heavy atom. The fourth-order valence-electron chi connectivity index (χ4n) is 1.06. The Balaban J connectivity index is 3.17. The average molecular weight is 264 g/mol. The van der Waals surface area contributed by atoms with Crippen LogP contribution in [0, 0.1) is 6.92 Å². The average Bonchev–Trinajstić information content (AvgIpc) is 2.05. The van der Waals surface area contributed by atoms with Gasteiger partial charge in [0.1, 0.15) is 0 Å². The first-order valence-electron chi connectivity index (χ1n) is 3.67. The number of rotatable bonds is 2. The molecule has 0 unspecified atom stereocenters. The van der Waals surface area contributed by atoms with E-state index < -0.39 is 5.97 Å². The van der Waals surface area contributed by atoms with E-state index in [0.717, 1.165) is 15.6 Å². The summed E-state index contributed by atoms with van der Waals surface area (Å²) in [6, 6.07) is 3.50. The van der Waals surface area contributed by atoms with Gasteiger partial charge in [-0.3, -0.25) is 4.79 Å². The number of carboxylic acid groups (broad SMARTS) is 1. The van der Waals surface area contributed by atoms with Gasteiger partial charge < -0.3 is 5.11 Å². The van der Waals surface area contributed by atoms with Crippen LogP contribution in [0.1, 0.15) is 11.1 Å². The van der Waals surface area contributed by atoms with E-state index in [1.165, 1.54) is 0 Å². The molecule has 1 N–H and O–H groups in total. The standard InChI is InChI=1S/C9H8BrClO2/c1-5-6(4-9(12)13)7(10)2-3-8(5)11/h2-3H,4H2,1H3,(H,12,13). The predicted molar refractivity (Wildman–Crippen MR) is 55.2 cm³/mol. The first-order chi connectivity index (χ1) is 6.02. The minimum atomic E-state index is -0.855. The van der Waals surface area contributed by atoms with Crippen molar-refractivity contribution in [2.24, 2.45) is 0 Å². The summed E-state index contributed by atoms with van der Waals surface area (Å²) in [5.74, 6) is -0.855. The van der Waals surface area contributed by atoms with Crippen LogP contribution < -0.4 is 0 Å². The van der Waals surface area contributed by atoms with Crippen LogP contribution in [0.5, 0.6) is 0 Å². The van der Waals surface area contributed by atoms with E-state index in [1.54, 1.807) is 12.1 Å². The first kappa shape index (κ1) is 10.5. The summed E-state index contributed by atoms with van der Waals surface area (Å²) in [6.07, 6.45) is -0.00697. The van der Waals surface area contributed by atoms with Gasteiger partial charge in [-0.25, -0.2) is 0 Å². The Morgan fingerprint density at radius 1 is 1.62 bits per heavy atom. The molecule has 0 saturated carbocycles. The molecule has 0 fully saturated rings. The molecule has 2 nitrogen and oxygen atoms in total. The van der Waals surface area contributed by atoms with E-state index in [9.17, 15) is 4.79 Å². The smallest absolute Gasteiger partial charge is 0.307 e. The molecule has 1 aromatic rings. The minimum Gasteiger partial charge on any atom is -0.481 e. The predicted octanol–water partition coefficient (Wildman–Crippen LogP) is 3.04. The number of hydrogen-bond donors (Lipinski definition) is 1. The van der Waals surface area contributed by atoms with Gasteiger partial charge in [0, 0.05) is 9.50 Å². The maximum atomic E-state index is 10.5. The lowest BCUT2D eigenvalue weighted by atomic mass is 10.1. The van der Waals surface area contributed by atoms with Gasteiger partial charge in [0.2, 0.25) is 0 Å². The second kappa shape index (κ2) is 4.11.